The van der Waals surface area contributed by atoms with Gasteiger partial charge in [0.25, 0.3) is 0 Å². The summed E-state index contributed by atoms with van der Waals surface area (Å²) in [7, 11) is 0. The molecule has 1 aliphatic rings. The van der Waals surface area contributed by atoms with Crippen molar-refractivity contribution >= 4 is 5.95 Å². The Bertz CT molecular complexity index is 545. The molecule has 0 unspecified atom stereocenters. The SMILES string of the molecule is CC(C)(C)Nc1ncc(C#N)c(C[C@@H]2CCCC[C@H](O)C2)n1. The quantitative estimate of drug-likeness (QED) is 0.839. The van der Waals surface area contributed by atoms with E-state index < -0.39 is 0 Å². The molecule has 1 aliphatic carbocycles. The second-order valence-electron chi connectivity index (χ2n) is 7.28. The van der Waals surface area contributed by atoms with Crippen LogP contribution in [0.25, 0.3) is 0 Å². The second kappa shape index (κ2) is 7.06. The minimum absolute atomic E-state index is 0.121. The van der Waals surface area contributed by atoms with Crippen LogP contribution in [0, 0.1) is 17.2 Å². The number of hydrogen-bond donors (Lipinski definition) is 2. The molecule has 120 valence electrons. The summed E-state index contributed by atoms with van der Waals surface area (Å²) >= 11 is 0. The van der Waals surface area contributed by atoms with Crippen LogP contribution in [-0.4, -0.2) is 26.7 Å². The van der Waals surface area contributed by atoms with Gasteiger partial charge in [-0.15, -0.1) is 0 Å². The number of nitriles is 1. The summed E-state index contributed by atoms with van der Waals surface area (Å²) in [6.07, 6.45) is 7.13. The van der Waals surface area contributed by atoms with E-state index >= 15 is 0 Å². The van der Waals surface area contributed by atoms with Gasteiger partial charge in [-0.2, -0.15) is 5.26 Å². The van der Waals surface area contributed by atoms with Gasteiger partial charge >= 0.3 is 0 Å². The van der Waals surface area contributed by atoms with Gasteiger partial charge in [-0.1, -0.05) is 12.8 Å². The normalized spacial score (nSPS) is 22.7. The summed E-state index contributed by atoms with van der Waals surface area (Å²) in [4.78, 5) is 8.78. The lowest BCUT2D eigenvalue weighted by Gasteiger charge is -2.21. The Morgan fingerprint density at radius 2 is 2.09 bits per heavy atom. The predicted octanol–water partition coefficient (Wildman–Crippen LogP) is 3.04. The molecule has 1 aromatic rings. The number of hydrogen-bond acceptors (Lipinski definition) is 5. The molecule has 5 nitrogen and oxygen atoms in total. The number of nitrogens with one attached hydrogen (secondary N) is 1. The summed E-state index contributed by atoms with van der Waals surface area (Å²) in [6, 6.07) is 2.19. The van der Waals surface area contributed by atoms with Crippen LogP contribution in [-0.2, 0) is 6.42 Å². The Morgan fingerprint density at radius 3 is 2.77 bits per heavy atom. The number of anilines is 1. The van der Waals surface area contributed by atoms with Crippen molar-refractivity contribution in [3.05, 3.63) is 17.5 Å². The molecule has 2 atom stereocenters. The van der Waals surface area contributed by atoms with Crippen molar-refractivity contribution in [2.75, 3.05) is 5.32 Å². The highest BCUT2D eigenvalue weighted by Crippen LogP contribution is 2.27. The molecule has 1 heterocycles. The molecule has 1 saturated carbocycles. The molecule has 5 heteroatoms. The first-order valence-corrected chi connectivity index (χ1v) is 8.09. The molecule has 0 aliphatic heterocycles. The van der Waals surface area contributed by atoms with Crippen LogP contribution in [0.5, 0.6) is 0 Å². The van der Waals surface area contributed by atoms with Crippen molar-refractivity contribution in [1.29, 1.82) is 5.26 Å². The third kappa shape index (κ3) is 4.96. The molecule has 0 aromatic carbocycles. The highest BCUT2D eigenvalue weighted by atomic mass is 16.3. The Hall–Kier alpha value is -1.67. The van der Waals surface area contributed by atoms with Gasteiger partial charge in [0.1, 0.15) is 6.07 Å². The zero-order chi connectivity index (χ0) is 16.2. The Kier molecular flexibility index (Phi) is 5.36. The molecule has 0 saturated heterocycles. The fraction of sp³-hybridized carbons (Fsp3) is 0.706. The molecular weight excluding hydrogens is 276 g/mol. The van der Waals surface area contributed by atoms with Gasteiger partial charge in [-0.05, 0) is 52.4 Å². The van der Waals surface area contributed by atoms with E-state index in [1.54, 1.807) is 6.20 Å². The standard InChI is InChI=1S/C17H26N4O/c1-17(2,3)21-16-19-11-13(10-18)15(20-16)9-12-6-4-5-7-14(22)8-12/h11-12,14,22H,4-9H2,1-3H3,(H,19,20,21)/t12-,14+/m1/s1. The van der Waals surface area contributed by atoms with Crippen molar-refractivity contribution < 1.29 is 5.11 Å². The minimum atomic E-state index is -0.216. The first kappa shape index (κ1) is 16.7. The minimum Gasteiger partial charge on any atom is -0.393 e. The molecule has 0 radical (unpaired) electrons. The molecule has 1 aromatic heterocycles. The molecule has 0 amide bonds. The summed E-state index contributed by atoms with van der Waals surface area (Å²) in [5, 5.41) is 22.5. The molecule has 22 heavy (non-hydrogen) atoms. The lowest BCUT2D eigenvalue weighted by molar-refractivity contribution is 0.141. The average Bonchev–Trinajstić information content (AvgIpc) is 2.61. The van der Waals surface area contributed by atoms with Crippen LogP contribution < -0.4 is 5.32 Å². The largest absolute Gasteiger partial charge is 0.393 e. The summed E-state index contributed by atoms with van der Waals surface area (Å²) in [5.74, 6) is 0.956. The molecule has 0 spiro atoms. The number of aliphatic hydroxyl groups is 1. The molecule has 2 N–H and O–H groups in total. The second-order valence-corrected chi connectivity index (χ2v) is 7.28. The maximum atomic E-state index is 9.96. The third-order valence-corrected chi connectivity index (χ3v) is 3.96. The van der Waals surface area contributed by atoms with Gasteiger partial charge in [-0.25, -0.2) is 9.97 Å². The Labute approximate surface area is 132 Å². The monoisotopic (exact) mass is 302 g/mol. The Balaban J connectivity index is 2.17. The van der Waals surface area contributed by atoms with Gasteiger partial charge < -0.3 is 10.4 Å². The van der Waals surface area contributed by atoms with Gasteiger partial charge in [0.15, 0.2) is 0 Å². The topological polar surface area (TPSA) is 81.8 Å². The van der Waals surface area contributed by atoms with E-state index in [4.69, 9.17) is 0 Å². The van der Waals surface area contributed by atoms with Crippen LogP contribution in [0.3, 0.4) is 0 Å². The number of nitrogens with zero attached hydrogens (tertiary/aromatic N) is 3. The lowest BCUT2D eigenvalue weighted by atomic mass is 9.93. The number of rotatable bonds is 3. The van der Waals surface area contributed by atoms with Gasteiger partial charge in [0, 0.05) is 5.54 Å². The molecule has 2 rings (SSSR count). The fourth-order valence-electron chi connectivity index (χ4n) is 2.95. The maximum Gasteiger partial charge on any atom is 0.223 e. The summed E-state index contributed by atoms with van der Waals surface area (Å²) in [5.41, 5.74) is 1.21. The van der Waals surface area contributed by atoms with Crippen molar-refractivity contribution in [2.24, 2.45) is 5.92 Å². The summed E-state index contributed by atoms with van der Waals surface area (Å²) in [6.45, 7) is 6.15. The van der Waals surface area contributed by atoms with E-state index in [0.29, 0.717) is 17.4 Å². The van der Waals surface area contributed by atoms with Crippen molar-refractivity contribution in [2.45, 2.75) is 70.9 Å². The molecule has 1 fully saturated rings. The maximum absolute atomic E-state index is 9.96. The number of aliphatic hydroxyl groups excluding tert-OH is 1. The Morgan fingerprint density at radius 1 is 1.36 bits per heavy atom. The van der Waals surface area contributed by atoms with Crippen LogP contribution in [0.1, 0.15) is 64.1 Å². The van der Waals surface area contributed by atoms with Gasteiger partial charge in [0.05, 0.1) is 23.6 Å². The lowest BCUT2D eigenvalue weighted by Crippen LogP contribution is -2.27. The van der Waals surface area contributed by atoms with Crippen LogP contribution in [0.15, 0.2) is 6.20 Å². The predicted molar refractivity (Wildman–Crippen MR) is 86.4 cm³/mol. The highest BCUT2D eigenvalue weighted by Gasteiger charge is 2.21. The van der Waals surface area contributed by atoms with E-state index in [9.17, 15) is 10.4 Å². The van der Waals surface area contributed by atoms with Crippen LogP contribution in [0.4, 0.5) is 5.95 Å². The first-order valence-electron chi connectivity index (χ1n) is 8.09. The van der Waals surface area contributed by atoms with E-state index in [1.807, 2.05) is 0 Å². The fourth-order valence-corrected chi connectivity index (χ4v) is 2.95. The summed E-state index contributed by atoms with van der Waals surface area (Å²) < 4.78 is 0. The van der Waals surface area contributed by atoms with Gasteiger partial charge in [0.2, 0.25) is 5.95 Å². The molecule has 0 bridgehead atoms. The van der Waals surface area contributed by atoms with Gasteiger partial charge in [-0.3, -0.25) is 0 Å². The van der Waals surface area contributed by atoms with Crippen LogP contribution >= 0.6 is 0 Å². The third-order valence-electron chi connectivity index (χ3n) is 3.96. The van der Waals surface area contributed by atoms with E-state index in [1.165, 1.54) is 0 Å². The van der Waals surface area contributed by atoms with Crippen molar-refractivity contribution in [3.8, 4) is 6.07 Å². The van der Waals surface area contributed by atoms with Crippen molar-refractivity contribution in [3.63, 3.8) is 0 Å². The zero-order valence-electron chi connectivity index (χ0n) is 13.8. The van der Waals surface area contributed by atoms with Crippen molar-refractivity contribution in [1.82, 2.24) is 9.97 Å². The van der Waals surface area contributed by atoms with E-state index in [0.717, 1.165) is 44.2 Å². The van der Waals surface area contributed by atoms with E-state index in [-0.39, 0.29) is 11.6 Å². The smallest absolute Gasteiger partial charge is 0.223 e. The molecular formula is C17H26N4O. The van der Waals surface area contributed by atoms with Crippen LogP contribution in [0.2, 0.25) is 0 Å². The zero-order valence-corrected chi connectivity index (χ0v) is 13.8. The van der Waals surface area contributed by atoms with E-state index in [2.05, 4.69) is 42.1 Å². The number of aromatic nitrogens is 2. The highest BCUT2D eigenvalue weighted by molar-refractivity contribution is 5.38. The average molecular weight is 302 g/mol. The first-order chi connectivity index (χ1) is 10.4.